The van der Waals surface area contributed by atoms with E-state index in [0.717, 1.165) is 51.7 Å². The molecule has 1 aliphatic heterocycles. The number of ketones is 1. The molecule has 1 amide bonds. The molecule has 10 heteroatoms. The topological polar surface area (TPSA) is 119 Å². The average Bonchev–Trinajstić information content (AvgIpc) is 3.52. The first-order valence-corrected chi connectivity index (χ1v) is 23.6. The normalized spacial score (nSPS) is 13.7. The van der Waals surface area contributed by atoms with E-state index in [4.69, 9.17) is 0 Å². The van der Waals surface area contributed by atoms with Crippen LogP contribution in [0.3, 0.4) is 0 Å². The van der Waals surface area contributed by atoms with E-state index in [1.807, 2.05) is 14.0 Å². The van der Waals surface area contributed by atoms with Gasteiger partial charge in [-0.25, -0.2) is 13.3 Å². The van der Waals surface area contributed by atoms with E-state index in [1.165, 1.54) is 167 Å². The molecule has 1 N–H and O–H groups in total. The SMILES string of the molecule is CCCCCCCCCCCCCCCCCC(=O)NC(C)N1CC[N+](C)=C1C(=O)CCCCCCCCCCCCCCCCC.COS(=O)(=O)[O-]. The molecule has 0 fully saturated rings. The van der Waals surface area contributed by atoms with E-state index in [9.17, 15) is 22.6 Å². The Morgan fingerprint density at radius 3 is 1.26 bits per heavy atom. The van der Waals surface area contributed by atoms with Crippen LogP contribution in [-0.2, 0) is 24.2 Å². The summed E-state index contributed by atoms with van der Waals surface area (Å²) in [5, 5.41) is 3.19. The number of nitrogens with one attached hydrogen (secondary N) is 1. The average molecular weight is 772 g/mol. The Bertz CT molecular complexity index is 1020. The maximum atomic E-state index is 13.2. The standard InChI is InChI=1S/C42H81N3O2.CH4O4S/c1-5-7-9-11-13-15-17-19-21-23-25-27-29-31-33-35-40(46)42-44(4)37-38-45(42)39(3)43-41(47)36-34-32-30-28-26-24-22-20-18-16-14-12-10-8-6-2;1-5-6(2,3)4/h39H,5-38H2,1-4H3;1H3,(H,2,3,4). The van der Waals surface area contributed by atoms with Crippen LogP contribution in [-0.4, -0.2) is 73.4 Å². The Balaban J connectivity index is 0.00000413. The fourth-order valence-electron chi connectivity index (χ4n) is 7.25. The van der Waals surface area contributed by atoms with Crippen LogP contribution in [0.2, 0.25) is 0 Å². The van der Waals surface area contributed by atoms with E-state index in [-0.39, 0.29) is 17.9 Å². The van der Waals surface area contributed by atoms with E-state index in [2.05, 4.69) is 32.8 Å². The summed E-state index contributed by atoms with van der Waals surface area (Å²) in [5.74, 6) is 1.16. The maximum Gasteiger partial charge on any atom is 0.317 e. The molecule has 1 unspecified atom stereocenters. The van der Waals surface area contributed by atoms with Crippen molar-refractivity contribution in [2.75, 3.05) is 27.2 Å². The van der Waals surface area contributed by atoms with E-state index in [0.29, 0.717) is 12.8 Å². The molecule has 9 nitrogen and oxygen atoms in total. The van der Waals surface area contributed by atoms with Gasteiger partial charge in [0, 0.05) is 12.8 Å². The van der Waals surface area contributed by atoms with Crippen molar-refractivity contribution >= 4 is 27.9 Å². The minimum absolute atomic E-state index is 0.121. The summed E-state index contributed by atoms with van der Waals surface area (Å²) in [4.78, 5) is 28.0. The number of Topliss-reactive ketones (excluding diaryl/α,β-unsaturated/α-hetero) is 1. The van der Waals surface area contributed by atoms with Crippen LogP contribution < -0.4 is 5.32 Å². The molecule has 0 saturated carbocycles. The van der Waals surface area contributed by atoms with Crippen molar-refractivity contribution in [2.45, 2.75) is 232 Å². The molecule has 314 valence electrons. The first-order chi connectivity index (χ1) is 25.6. The van der Waals surface area contributed by atoms with Crippen LogP contribution in [0.4, 0.5) is 0 Å². The second kappa shape index (κ2) is 36.1. The van der Waals surface area contributed by atoms with Gasteiger partial charge in [-0.15, -0.1) is 0 Å². The second-order valence-corrected chi connectivity index (χ2v) is 16.7. The molecule has 1 heterocycles. The zero-order valence-corrected chi connectivity index (χ0v) is 36.2. The van der Waals surface area contributed by atoms with Gasteiger partial charge in [0.2, 0.25) is 22.1 Å². The number of rotatable bonds is 36. The number of nitrogens with zero attached hydrogens (tertiary/aromatic N) is 2. The lowest BCUT2D eigenvalue weighted by molar-refractivity contribution is -0.485. The zero-order valence-electron chi connectivity index (χ0n) is 35.4. The number of unbranched alkanes of at least 4 members (excludes halogenated alkanes) is 28. The fourth-order valence-corrected chi connectivity index (χ4v) is 7.25. The highest BCUT2D eigenvalue weighted by molar-refractivity contribution is 7.80. The van der Waals surface area contributed by atoms with E-state index >= 15 is 0 Å². The Morgan fingerprint density at radius 2 is 0.943 bits per heavy atom. The molecule has 0 radical (unpaired) electrons. The van der Waals surface area contributed by atoms with Gasteiger partial charge in [0.25, 0.3) is 0 Å². The Hall–Kier alpha value is -1.52. The van der Waals surface area contributed by atoms with Gasteiger partial charge in [0.05, 0.1) is 14.2 Å². The highest BCUT2D eigenvalue weighted by Gasteiger charge is 2.37. The third-order valence-electron chi connectivity index (χ3n) is 10.6. The third-order valence-corrected chi connectivity index (χ3v) is 11.0. The van der Waals surface area contributed by atoms with Gasteiger partial charge in [0.15, 0.2) is 6.17 Å². The number of amidine groups is 1. The van der Waals surface area contributed by atoms with Crippen molar-refractivity contribution in [3.8, 4) is 0 Å². The molecule has 1 aliphatic rings. The third kappa shape index (κ3) is 32.4. The summed E-state index contributed by atoms with van der Waals surface area (Å²) in [6.07, 6.45) is 41.1. The Labute approximate surface area is 328 Å². The predicted octanol–water partition coefficient (Wildman–Crippen LogP) is 11.0. The molecule has 0 spiro atoms. The first-order valence-electron chi connectivity index (χ1n) is 22.3. The number of amides is 1. The first kappa shape index (κ1) is 51.5. The molecular formula is C43H85N3O6S. The highest BCUT2D eigenvalue weighted by Crippen LogP contribution is 2.16. The van der Waals surface area contributed by atoms with Crippen LogP contribution in [0.25, 0.3) is 0 Å². The van der Waals surface area contributed by atoms with Crippen LogP contribution in [0.1, 0.15) is 226 Å². The lowest BCUT2D eigenvalue weighted by Crippen LogP contribution is -2.50. The van der Waals surface area contributed by atoms with Crippen molar-refractivity contribution in [3.05, 3.63) is 0 Å². The van der Waals surface area contributed by atoms with Crippen molar-refractivity contribution < 1.29 is 31.3 Å². The minimum Gasteiger partial charge on any atom is -0.726 e. The number of carbonyl (C=O) groups is 2. The number of carbonyl (C=O) groups excluding carboxylic acids is 2. The lowest BCUT2D eigenvalue weighted by Gasteiger charge is -2.21. The van der Waals surface area contributed by atoms with Gasteiger partial charge in [-0.1, -0.05) is 194 Å². The Kier molecular flexibility index (Phi) is 35.1. The molecule has 0 aromatic carbocycles. The van der Waals surface area contributed by atoms with E-state index in [1.54, 1.807) is 0 Å². The second-order valence-electron chi connectivity index (χ2n) is 15.6. The molecule has 1 rings (SSSR count). The van der Waals surface area contributed by atoms with Gasteiger partial charge >= 0.3 is 5.84 Å². The van der Waals surface area contributed by atoms with Crippen LogP contribution >= 0.6 is 0 Å². The van der Waals surface area contributed by atoms with Crippen molar-refractivity contribution in [1.29, 1.82) is 0 Å². The molecule has 53 heavy (non-hydrogen) atoms. The molecular weight excluding hydrogens is 687 g/mol. The Morgan fingerprint density at radius 1 is 0.642 bits per heavy atom. The largest absolute Gasteiger partial charge is 0.726 e. The summed E-state index contributed by atoms with van der Waals surface area (Å²) >= 11 is 0. The molecule has 0 aromatic rings. The molecule has 1 atom stereocenters. The van der Waals surface area contributed by atoms with Crippen molar-refractivity contribution in [3.63, 3.8) is 0 Å². The fraction of sp³-hybridized carbons (Fsp3) is 0.930. The van der Waals surface area contributed by atoms with Crippen molar-refractivity contribution in [2.24, 2.45) is 0 Å². The summed E-state index contributed by atoms with van der Waals surface area (Å²) in [5.41, 5.74) is 0. The summed E-state index contributed by atoms with van der Waals surface area (Å²) in [7, 11) is -1.59. The molecule has 0 saturated heterocycles. The number of hydrogen-bond donors (Lipinski definition) is 1. The minimum atomic E-state index is -4.41. The zero-order chi connectivity index (χ0) is 39.4. The van der Waals surface area contributed by atoms with Gasteiger partial charge < -0.3 is 9.87 Å². The van der Waals surface area contributed by atoms with Crippen molar-refractivity contribution in [1.82, 2.24) is 10.2 Å². The lowest BCUT2D eigenvalue weighted by atomic mass is 10.0. The van der Waals surface area contributed by atoms with E-state index < -0.39 is 10.4 Å². The number of likely N-dealkylation sites (N-methyl/N-ethyl adjacent to an activating group) is 1. The highest BCUT2D eigenvalue weighted by atomic mass is 32.3. The smallest absolute Gasteiger partial charge is 0.317 e. The molecule has 0 aliphatic carbocycles. The van der Waals surface area contributed by atoms with Gasteiger partial charge in [-0.05, 0) is 19.8 Å². The van der Waals surface area contributed by atoms with Crippen LogP contribution in [0.15, 0.2) is 0 Å². The van der Waals surface area contributed by atoms with Crippen LogP contribution in [0.5, 0.6) is 0 Å². The summed E-state index contributed by atoms with van der Waals surface area (Å²) < 4.78 is 33.1. The molecule has 0 aromatic heterocycles. The quantitative estimate of drug-likeness (QED) is 0.0291. The van der Waals surface area contributed by atoms with Crippen LogP contribution in [0, 0.1) is 0 Å². The predicted molar refractivity (Wildman–Crippen MR) is 221 cm³/mol. The van der Waals surface area contributed by atoms with Gasteiger partial charge in [-0.2, -0.15) is 0 Å². The maximum absolute atomic E-state index is 13.2. The summed E-state index contributed by atoms with van der Waals surface area (Å²) in [6, 6.07) is 0. The monoisotopic (exact) mass is 772 g/mol. The number of hydrogen-bond acceptors (Lipinski definition) is 7. The molecule has 0 bridgehead atoms. The van der Waals surface area contributed by atoms with Gasteiger partial charge in [0.1, 0.15) is 13.1 Å². The van der Waals surface area contributed by atoms with Gasteiger partial charge in [-0.3, -0.25) is 18.3 Å². The summed E-state index contributed by atoms with van der Waals surface area (Å²) in [6.45, 7) is 8.25.